The minimum atomic E-state index is -0.112. The van der Waals surface area contributed by atoms with E-state index in [9.17, 15) is 4.79 Å². The van der Waals surface area contributed by atoms with Crippen molar-refractivity contribution in [3.63, 3.8) is 0 Å². The van der Waals surface area contributed by atoms with Gasteiger partial charge in [0.05, 0.1) is 0 Å². The summed E-state index contributed by atoms with van der Waals surface area (Å²) in [4.78, 5) is 18.3. The summed E-state index contributed by atoms with van der Waals surface area (Å²) in [5, 5.41) is 2.92. The van der Waals surface area contributed by atoms with E-state index >= 15 is 0 Å². The van der Waals surface area contributed by atoms with E-state index in [0.717, 1.165) is 4.47 Å². The summed E-state index contributed by atoms with van der Waals surface area (Å²) < 4.78 is 0.876. The maximum atomic E-state index is 11.9. The highest BCUT2D eigenvalue weighted by molar-refractivity contribution is 9.10. The largest absolute Gasteiger partial charge is 0.349 e. The van der Waals surface area contributed by atoms with Crippen molar-refractivity contribution >= 4 is 21.8 Å². The van der Waals surface area contributed by atoms with Gasteiger partial charge in [0.1, 0.15) is 5.69 Å². The van der Waals surface area contributed by atoms with Gasteiger partial charge in [-0.3, -0.25) is 9.69 Å². The Balaban J connectivity index is 1.82. The highest BCUT2D eigenvalue weighted by Crippen LogP contribution is 2.26. The van der Waals surface area contributed by atoms with Crippen molar-refractivity contribution in [1.82, 2.24) is 15.2 Å². The first kappa shape index (κ1) is 13.5. The molecule has 5 heteroatoms. The lowest BCUT2D eigenvalue weighted by Crippen LogP contribution is -2.41. The molecular weight excluding hydrogens is 294 g/mol. The lowest BCUT2D eigenvalue weighted by Gasteiger charge is -2.24. The Hall–Kier alpha value is -0.940. The molecule has 1 saturated carbocycles. The van der Waals surface area contributed by atoms with Gasteiger partial charge in [-0.2, -0.15) is 0 Å². The van der Waals surface area contributed by atoms with Crippen LogP contribution in [0.2, 0.25) is 0 Å². The lowest BCUT2D eigenvalue weighted by atomic mass is 10.2. The number of pyridine rings is 1. The maximum absolute atomic E-state index is 11.9. The number of nitrogens with one attached hydrogen (secondary N) is 1. The van der Waals surface area contributed by atoms with Crippen LogP contribution in [0.5, 0.6) is 0 Å². The standard InChI is InChI=1S/C13H18BrN3O/c1-9(17(2)11-4-5-11)7-16-13(18)12-6-3-10(14)8-15-12/h3,6,8-9,11H,4-5,7H2,1-2H3,(H,16,18). The van der Waals surface area contributed by atoms with E-state index in [2.05, 4.69) is 45.1 Å². The molecule has 1 heterocycles. The minimum Gasteiger partial charge on any atom is -0.349 e. The molecule has 0 aliphatic heterocycles. The summed E-state index contributed by atoms with van der Waals surface area (Å²) in [7, 11) is 2.12. The van der Waals surface area contributed by atoms with E-state index in [1.807, 2.05) is 6.07 Å². The Morgan fingerprint density at radius 1 is 1.61 bits per heavy atom. The Labute approximate surface area is 116 Å². The molecule has 1 atom stereocenters. The first-order valence-electron chi connectivity index (χ1n) is 6.19. The number of aromatic nitrogens is 1. The van der Waals surface area contributed by atoms with Crippen molar-refractivity contribution in [1.29, 1.82) is 0 Å². The number of hydrogen-bond donors (Lipinski definition) is 1. The highest BCUT2D eigenvalue weighted by Gasteiger charge is 2.29. The summed E-state index contributed by atoms with van der Waals surface area (Å²) in [6.45, 7) is 2.79. The third kappa shape index (κ3) is 3.53. The van der Waals surface area contributed by atoms with Crippen LogP contribution in [0.15, 0.2) is 22.8 Å². The summed E-state index contributed by atoms with van der Waals surface area (Å²) >= 11 is 3.30. The van der Waals surface area contributed by atoms with Gasteiger partial charge in [-0.25, -0.2) is 4.98 Å². The van der Waals surface area contributed by atoms with E-state index < -0.39 is 0 Å². The van der Waals surface area contributed by atoms with Gasteiger partial charge < -0.3 is 5.32 Å². The second-order valence-corrected chi connectivity index (χ2v) is 5.73. The fourth-order valence-corrected chi connectivity index (χ4v) is 2.06. The summed E-state index contributed by atoms with van der Waals surface area (Å²) in [5.41, 5.74) is 0.458. The molecule has 1 aromatic heterocycles. The van der Waals surface area contributed by atoms with E-state index in [1.165, 1.54) is 12.8 Å². The van der Waals surface area contributed by atoms with Crippen LogP contribution in [0.25, 0.3) is 0 Å². The van der Waals surface area contributed by atoms with E-state index in [1.54, 1.807) is 12.3 Å². The van der Waals surface area contributed by atoms with Crippen molar-refractivity contribution in [3.05, 3.63) is 28.5 Å². The molecule has 4 nitrogen and oxygen atoms in total. The second-order valence-electron chi connectivity index (χ2n) is 4.82. The van der Waals surface area contributed by atoms with Crippen molar-refractivity contribution in [2.75, 3.05) is 13.6 Å². The third-order valence-electron chi connectivity index (χ3n) is 3.34. The fourth-order valence-electron chi connectivity index (χ4n) is 1.83. The van der Waals surface area contributed by atoms with E-state index in [-0.39, 0.29) is 5.91 Å². The third-order valence-corrected chi connectivity index (χ3v) is 3.81. The van der Waals surface area contributed by atoms with Crippen LogP contribution >= 0.6 is 15.9 Å². The molecule has 1 aliphatic rings. The van der Waals surface area contributed by atoms with Crippen LogP contribution in [0.1, 0.15) is 30.3 Å². The van der Waals surface area contributed by atoms with Crippen LogP contribution in [-0.4, -0.2) is 41.5 Å². The second kappa shape index (κ2) is 5.80. The van der Waals surface area contributed by atoms with Crippen LogP contribution in [0.3, 0.4) is 0 Å². The molecule has 1 N–H and O–H groups in total. The van der Waals surface area contributed by atoms with Crippen LogP contribution in [0, 0.1) is 0 Å². The van der Waals surface area contributed by atoms with Crippen LogP contribution in [0.4, 0.5) is 0 Å². The lowest BCUT2D eigenvalue weighted by molar-refractivity contribution is 0.0934. The number of likely N-dealkylation sites (N-methyl/N-ethyl adjacent to an activating group) is 1. The van der Waals surface area contributed by atoms with E-state index in [0.29, 0.717) is 24.3 Å². The first-order valence-corrected chi connectivity index (χ1v) is 6.99. The normalized spacial score (nSPS) is 16.7. The maximum Gasteiger partial charge on any atom is 0.269 e. The molecule has 0 aromatic carbocycles. The minimum absolute atomic E-state index is 0.112. The van der Waals surface area contributed by atoms with Crippen molar-refractivity contribution in [2.45, 2.75) is 31.8 Å². The molecule has 18 heavy (non-hydrogen) atoms. The molecule has 2 rings (SSSR count). The molecule has 1 amide bonds. The number of halogens is 1. The average molecular weight is 312 g/mol. The Bertz CT molecular complexity index is 417. The van der Waals surface area contributed by atoms with Crippen LogP contribution < -0.4 is 5.32 Å². The SMILES string of the molecule is CC(CNC(=O)c1ccc(Br)cn1)N(C)C1CC1. The number of carbonyl (C=O) groups excluding carboxylic acids is 1. The Kier molecular flexibility index (Phi) is 4.35. The summed E-state index contributed by atoms with van der Waals surface area (Å²) in [5.74, 6) is -0.112. The van der Waals surface area contributed by atoms with Gasteiger partial charge in [0, 0.05) is 29.3 Å². The number of amides is 1. The van der Waals surface area contributed by atoms with Crippen molar-refractivity contribution in [2.24, 2.45) is 0 Å². The van der Waals surface area contributed by atoms with Crippen molar-refractivity contribution < 1.29 is 4.79 Å². The monoisotopic (exact) mass is 311 g/mol. The average Bonchev–Trinajstić information content (AvgIpc) is 3.19. The molecule has 0 saturated heterocycles. The molecule has 0 spiro atoms. The number of rotatable bonds is 5. The van der Waals surface area contributed by atoms with Gasteiger partial charge in [-0.1, -0.05) is 0 Å². The van der Waals surface area contributed by atoms with Crippen LogP contribution in [-0.2, 0) is 0 Å². The Morgan fingerprint density at radius 2 is 2.33 bits per heavy atom. The summed E-state index contributed by atoms with van der Waals surface area (Å²) in [6, 6.07) is 4.61. The van der Waals surface area contributed by atoms with Gasteiger partial charge >= 0.3 is 0 Å². The zero-order valence-electron chi connectivity index (χ0n) is 10.7. The van der Waals surface area contributed by atoms with Gasteiger partial charge in [0.15, 0.2) is 0 Å². The molecule has 0 bridgehead atoms. The van der Waals surface area contributed by atoms with E-state index in [4.69, 9.17) is 0 Å². The number of nitrogens with zero attached hydrogens (tertiary/aromatic N) is 2. The topological polar surface area (TPSA) is 45.2 Å². The molecule has 1 aromatic rings. The van der Waals surface area contributed by atoms with Crippen molar-refractivity contribution in [3.8, 4) is 0 Å². The zero-order valence-corrected chi connectivity index (χ0v) is 12.3. The van der Waals surface area contributed by atoms with Gasteiger partial charge in [0.2, 0.25) is 0 Å². The molecule has 1 unspecified atom stereocenters. The molecular formula is C13H18BrN3O. The fraction of sp³-hybridized carbons (Fsp3) is 0.538. The Morgan fingerprint density at radius 3 is 2.89 bits per heavy atom. The summed E-state index contributed by atoms with van der Waals surface area (Å²) in [6.07, 6.45) is 4.20. The predicted molar refractivity (Wildman–Crippen MR) is 74.5 cm³/mol. The number of hydrogen-bond acceptors (Lipinski definition) is 3. The van der Waals surface area contributed by atoms with Gasteiger partial charge in [0.25, 0.3) is 5.91 Å². The zero-order chi connectivity index (χ0) is 13.1. The molecule has 1 aliphatic carbocycles. The smallest absolute Gasteiger partial charge is 0.269 e. The molecule has 1 fully saturated rings. The van der Waals surface area contributed by atoms with Gasteiger partial charge in [-0.05, 0) is 54.9 Å². The molecule has 0 radical (unpaired) electrons. The molecule has 98 valence electrons. The first-order chi connectivity index (χ1) is 8.58. The highest BCUT2D eigenvalue weighted by atomic mass is 79.9. The number of carbonyl (C=O) groups is 1. The quantitative estimate of drug-likeness (QED) is 0.905. The van der Waals surface area contributed by atoms with Gasteiger partial charge in [-0.15, -0.1) is 0 Å². The predicted octanol–water partition coefficient (Wildman–Crippen LogP) is 2.06.